The number of benzene rings is 2. The van der Waals surface area contributed by atoms with E-state index in [0.29, 0.717) is 14.8 Å². The van der Waals surface area contributed by atoms with Crippen LogP contribution in [0.15, 0.2) is 51.1 Å². The van der Waals surface area contributed by atoms with Crippen molar-refractivity contribution >= 4 is 49.1 Å². The second kappa shape index (κ2) is 6.93. The molecule has 0 heterocycles. The average Bonchev–Trinajstić information content (AvgIpc) is 2.40. The van der Waals surface area contributed by atoms with E-state index in [1.807, 2.05) is 13.0 Å². The SMILES string of the molecule is Cc1ccc(Sc2cc(S(N)(=O)=O)ccc2NS(C)(=O)=O)c(Cl)c1. The number of anilines is 1. The van der Waals surface area contributed by atoms with Crippen molar-refractivity contribution in [2.45, 2.75) is 21.6 Å². The maximum absolute atomic E-state index is 11.5. The number of nitrogens with one attached hydrogen (secondary N) is 1. The predicted octanol–water partition coefficient (Wildman–Crippen LogP) is 2.82. The average molecular weight is 407 g/mol. The Kier molecular flexibility index (Phi) is 5.50. The minimum atomic E-state index is -3.92. The van der Waals surface area contributed by atoms with E-state index in [4.69, 9.17) is 16.7 Å². The Morgan fingerprint density at radius 1 is 1.04 bits per heavy atom. The summed E-state index contributed by atoms with van der Waals surface area (Å²) in [5.41, 5.74) is 1.21. The van der Waals surface area contributed by atoms with Crippen molar-refractivity contribution in [3.63, 3.8) is 0 Å². The van der Waals surface area contributed by atoms with Gasteiger partial charge in [0.15, 0.2) is 0 Å². The van der Waals surface area contributed by atoms with E-state index in [-0.39, 0.29) is 10.6 Å². The van der Waals surface area contributed by atoms with Gasteiger partial charge in [-0.3, -0.25) is 4.72 Å². The highest BCUT2D eigenvalue weighted by atomic mass is 35.5. The number of primary sulfonamides is 1. The quantitative estimate of drug-likeness (QED) is 0.793. The molecule has 10 heteroatoms. The van der Waals surface area contributed by atoms with Crippen molar-refractivity contribution in [2.75, 3.05) is 11.0 Å². The predicted molar refractivity (Wildman–Crippen MR) is 96.6 cm³/mol. The van der Waals surface area contributed by atoms with E-state index in [0.717, 1.165) is 23.6 Å². The number of hydrogen-bond donors (Lipinski definition) is 2. The van der Waals surface area contributed by atoms with E-state index < -0.39 is 20.0 Å². The van der Waals surface area contributed by atoms with Crippen LogP contribution >= 0.6 is 23.4 Å². The topological polar surface area (TPSA) is 106 Å². The van der Waals surface area contributed by atoms with Crippen molar-refractivity contribution in [2.24, 2.45) is 5.14 Å². The second-order valence-corrected chi connectivity index (χ2v) is 9.91. The Labute approximate surface area is 150 Å². The molecule has 24 heavy (non-hydrogen) atoms. The molecule has 0 spiro atoms. The molecule has 0 saturated heterocycles. The summed E-state index contributed by atoms with van der Waals surface area (Å²) in [4.78, 5) is 0.912. The zero-order valence-corrected chi connectivity index (χ0v) is 16.0. The van der Waals surface area contributed by atoms with Crippen molar-refractivity contribution < 1.29 is 16.8 Å². The molecule has 6 nitrogen and oxygen atoms in total. The van der Waals surface area contributed by atoms with Crippen molar-refractivity contribution in [1.29, 1.82) is 0 Å². The van der Waals surface area contributed by atoms with Crippen LogP contribution in [0.2, 0.25) is 5.02 Å². The smallest absolute Gasteiger partial charge is 0.238 e. The zero-order valence-electron chi connectivity index (χ0n) is 12.8. The number of nitrogens with two attached hydrogens (primary N) is 1. The minimum absolute atomic E-state index is 0.118. The lowest BCUT2D eigenvalue weighted by molar-refractivity contribution is 0.597. The van der Waals surface area contributed by atoms with Crippen LogP contribution in [-0.2, 0) is 20.0 Å². The number of halogens is 1. The fraction of sp³-hybridized carbons (Fsp3) is 0.143. The van der Waals surface area contributed by atoms with Crippen LogP contribution in [0, 0.1) is 6.92 Å². The van der Waals surface area contributed by atoms with Gasteiger partial charge in [0.25, 0.3) is 0 Å². The maximum Gasteiger partial charge on any atom is 0.238 e. The molecule has 0 aromatic heterocycles. The second-order valence-electron chi connectivity index (χ2n) is 5.11. The summed E-state index contributed by atoms with van der Waals surface area (Å²) < 4.78 is 48.5. The summed E-state index contributed by atoms with van der Waals surface area (Å²) >= 11 is 7.33. The molecular weight excluding hydrogens is 392 g/mol. The Bertz CT molecular complexity index is 989. The Morgan fingerprint density at radius 3 is 2.25 bits per heavy atom. The highest BCUT2D eigenvalue weighted by Gasteiger charge is 2.15. The minimum Gasteiger partial charge on any atom is -0.283 e. The lowest BCUT2D eigenvalue weighted by atomic mass is 10.2. The summed E-state index contributed by atoms with van der Waals surface area (Å²) in [6.45, 7) is 1.89. The normalized spacial score (nSPS) is 12.2. The molecule has 2 rings (SSSR count). The molecule has 0 bridgehead atoms. The van der Waals surface area contributed by atoms with Crippen molar-refractivity contribution in [3.8, 4) is 0 Å². The molecule has 0 aliphatic rings. The van der Waals surface area contributed by atoms with E-state index in [1.165, 1.54) is 18.2 Å². The fourth-order valence-corrected chi connectivity index (χ4v) is 4.41. The molecular formula is C14H15ClN2O4S3. The van der Waals surface area contributed by atoms with E-state index in [9.17, 15) is 16.8 Å². The molecule has 0 amide bonds. The van der Waals surface area contributed by atoms with Crippen LogP contribution in [0.1, 0.15) is 5.56 Å². The van der Waals surface area contributed by atoms with Gasteiger partial charge in [0.1, 0.15) is 0 Å². The zero-order chi connectivity index (χ0) is 18.1. The first-order valence-corrected chi connectivity index (χ1v) is 11.2. The number of rotatable bonds is 5. The van der Waals surface area contributed by atoms with Crippen LogP contribution in [0.5, 0.6) is 0 Å². The Morgan fingerprint density at radius 2 is 1.71 bits per heavy atom. The summed E-state index contributed by atoms with van der Waals surface area (Å²) in [5.74, 6) is 0. The Balaban J connectivity index is 2.54. The van der Waals surface area contributed by atoms with Crippen LogP contribution in [0.25, 0.3) is 0 Å². The third-order valence-corrected chi connectivity index (χ3v) is 5.94. The first kappa shape index (κ1) is 19.1. The van der Waals surface area contributed by atoms with Crippen LogP contribution in [-0.4, -0.2) is 23.1 Å². The van der Waals surface area contributed by atoms with E-state index in [2.05, 4.69) is 4.72 Å². The van der Waals surface area contributed by atoms with Gasteiger partial charge in [-0.15, -0.1) is 0 Å². The molecule has 0 atom stereocenters. The van der Waals surface area contributed by atoms with Crippen molar-refractivity contribution in [1.82, 2.24) is 0 Å². The monoisotopic (exact) mass is 406 g/mol. The van der Waals surface area contributed by atoms with Gasteiger partial charge in [-0.05, 0) is 42.8 Å². The van der Waals surface area contributed by atoms with Gasteiger partial charge >= 0.3 is 0 Å². The summed E-state index contributed by atoms with van der Waals surface area (Å²) in [5, 5.41) is 5.62. The maximum atomic E-state index is 11.5. The van der Waals surface area contributed by atoms with Gasteiger partial charge in [-0.25, -0.2) is 22.0 Å². The molecule has 2 aromatic carbocycles. The van der Waals surface area contributed by atoms with Gasteiger partial charge in [0, 0.05) is 9.79 Å². The highest BCUT2D eigenvalue weighted by Crippen LogP contribution is 2.39. The molecule has 130 valence electrons. The summed E-state index contributed by atoms with van der Waals surface area (Å²) in [6, 6.07) is 9.28. The van der Waals surface area contributed by atoms with Gasteiger partial charge < -0.3 is 0 Å². The van der Waals surface area contributed by atoms with Crippen LogP contribution < -0.4 is 9.86 Å². The third-order valence-electron chi connectivity index (χ3n) is 2.88. The molecule has 0 radical (unpaired) electrons. The molecule has 0 aliphatic carbocycles. The van der Waals surface area contributed by atoms with E-state index >= 15 is 0 Å². The first-order chi connectivity index (χ1) is 11.0. The molecule has 2 aromatic rings. The van der Waals surface area contributed by atoms with Gasteiger partial charge in [0.2, 0.25) is 20.0 Å². The van der Waals surface area contributed by atoms with Gasteiger partial charge in [-0.2, -0.15) is 0 Å². The molecule has 0 saturated carbocycles. The standard InChI is InChI=1S/C14H15ClN2O4S3/c1-9-3-6-13(11(15)7-9)22-14-8-10(24(16,20)21)4-5-12(14)17-23(2,18)19/h3-8,17H,1-2H3,(H2,16,20,21). The van der Waals surface area contributed by atoms with Gasteiger partial charge in [0.05, 0.1) is 21.9 Å². The van der Waals surface area contributed by atoms with Crippen molar-refractivity contribution in [3.05, 3.63) is 47.0 Å². The fourth-order valence-electron chi connectivity index (χ4n) is 1.86. The molecule has 0 fully saturated rings. The first-order valence-electron chi connectivity index (χ1n) is 6.54. The Hall–Kier alpha value is -1.26. The number of sulfonamides is 2. The van der Waals surface area contributed by atoms with Crippen LogP contribution in [0.3, 0.4) is 0 Å². The lowest BCUT2D eigenvalue weighted by Crippen LogP contribution is -2.14. The van der Waals surface area contributed by atoms with Crippen LogP contribution in [0.4, 0.5) is 5.69 Å². The largest absolute Gasteiger partial charge is 0.283 e. The summed E-state index contributed by atoms with van der Waals surface area (Å²) in [6.07, 6.45) is 1.01. The highest BCUT2D eigenvalue weighted by molar-refractivity contribution is 7.99. The van der Waals surface area contributed by atoms with Gasteiger partial charge in [-0.1, -0.05) is 29.4 Å². The molecule has 0 aliphatic heterocycles. The molecule has 3 N–H and O–H groups in total. The molecule has 0 unspecified atom stereocenters. The third kappa shape index (κ3) is 5.12. The van der Waals surface area contributed by atoms with E-state index in [1.54, 1.807) is 12.1 Å². The number of hydrogen-bond acceptors (Lipinski definition) is 5. The summed E-state index contributed by atoms with van der Waals surface area (Å²) in [7, 11) is -7.45. The number of aryl methyl sites for hydroxylation is 1. The lowest BCUT2D eigenvalue weighted by Gasteiger charge is -2.13.